The van der Waals surface area contributed by atoms with Gasteiger partial charge in [-0.05, 0) is 12.8 Å². The molecule has 0 fully saturated rings. The van der Waals surface area contributed by atoms with Crippen LogP contribution in [0.15, 0.2) is 12.5 Å². The molecule has 1 heterocycles. The molecule has 0 aliphatic heterocycles. The fraction of sp³-hybridized carbons (Fsp3) is 0.500. The van der Waals surface area contributed by atoms with E-state index in [1.165, 1.54) is 19.4 Å². The van der Waals surface area contributed by atoms with Crippen LogP contribution in [0.3, 0.4) is 0 Å². The van der Waals surface area contributed by atoms with Gasteiger partial charge in [0, 0.05) is 6.20 Å². The van der Waals surface area contributed by atoms with Crippen molar-refractivity contribution in [1.82, 2.24) is 9.97 Å². The maximum absolute atomic E-state index is 11.2. The monoisotopic (exact) mass is 194 g/mol. The Morgan fingerprint density at radius 2 is 2.29 bits per heavy atom. The van der Waals surface area contributed by atoms with E-state index in [0.717, 1.165) is 0 Å². The standard InChI is InChI=1S/C10H14N2O2/c1-7(2)5-14-10-9(8(3)13)4-11-6-12-10/h4,6-7H,5H2,1-3H3. The summed E-state index contributed by atoms with van der Waals surface area (Å²) in [6, 6.07) is 0. The lowest BCUT2D eigenvalue weighted by atomic mass is 10.2. The predicted molar refractivity (Wildman–Crippen MR) is 52.4 cm³/mol. The fourth-order valence-corrected chi connectivity index (χ4v) is 0.921. The molecule has 0 aliphatic rings. The van der Waals surface area contributed by atoms with Gasteiger partial charge in [-0.2, -0.15) is 0 Å². The Morgan fingerprint density at radius 3 is 2.86 bits per heavy atom. The number of Topliss-reactive ketones (excluding diaryl/α,β-unsaturated/α-hetero) is 1. The summed E-state index contributed by atoms with van der Waals surface area (Å²) in [6.07, 6.45) is 2.85. The lowest BCUT2D eigenvalue weighted by Gasteiger charge is -2.09. The second-order valence-corrected chi connectivity index (χ2v) is 3.50. The Labute approximate surface area is 83.3 Å². The molecule has 0 amide bonds. The molecule has 0 bridgehead atoms. The third-order valence-corrected chi connectivity index (χ3v) is 1.61. The van der Waals surface area contributed by atoms with Gasteiger partial charge in [0.15, 0.2) is 5.78 Å². The fourth-order valence-electron chi connectivity index (χ4n) is 0.921. The minimum Gasteiger partial charge on any atom is -0.477 e. The van der Waals surface area contributed by atoms with Crippen LogP contribution in [-0.4, -0.2) is 22.4 Å². The van der Waals surface area contributed by atoms with Crippen molar-refractivity contribution in [2.45, 2.75) is 20.8 Å². The molecule has 0 saturated heterocycles. The quantitative estimate of drug-likeness (QED) is 0.685. The van der Waals surface area contributed by atoms with Gasteiger partial charge >= 0.3 is 0 Å². The van der Waals surface area contributed by atoms with E-state index in [9.17, 15) is 4.79 Å². The van der Waals surface area contributed by atoms with E-state index in [0.29, 0.717) is 24.0 Å². The van der Waals surface area contributed by atoms with Crippen LogP contribution in [0.25, 0.3) is 0 Å². The molecule has 4 heteroatoms. The van der Waals surface area contributed by atoms with Crippen molar-refractivity contribution in [3.8, 4) is 5.88 Å². The molecule has 0 radical (unpaired) electrons. The molecule has 0 saturated carbocycles. The second kappa shape index (κ2) is 4.69. The molecule has 1 aromatic rings. The van der Waals surface area contributed by atoms with E-state index in [4.69, 9.17) is 4.74 Å². The topological polar surface area (TPSA) is 52.1 Å². The number of carbonyl (C=O) groups excluding carboxylic acids is 1. The number of carbonyl (C=O) groups is 1. The first-order chi connectivity index (χ1) is 6.61. The summed E-state index contributed by atoms with van der Waals surface area (Å²) in [7, 11) is 0. The molecule has 0 atom stereocenters. The molecule has 4 nitrogen and oxygen atoms in total. The molecule has 76 valence electrons. The first-order valence-corrected chi connectivity index (χ1v) is 4.55. The Hall–Kier alpha value is -1.45. The molecule has 1 aromatic heterocycles. The number of aromatic nitrogens is 2. The van der Waals surface area contributed by atoms with Gasteiger partial charge in [0.25, 0.3) is 0 Å². The Kier molecular flexibility index (Phi) is 3.56. The average molecular weight is 194 g/mol. The minimum atomic E-state index is -0.0793. The van der Waals surface area contributed by atoms with Gasteiger partial charge in [-0.25, -0.2) is 9.97 Å². The summed E-state index contributed by atoms with van der Waals surface area (Å²) in [5, 5.41) is 0. The maximum Gasteiger partial charge on any atom is 0.227 e. The molecule has 0 aromatic carbocycles. The molecule has 0 spiro atoms. The molecular formula is C10H14N2O2. The van der Waals surface area contributed by atoms with E-state index < -0.39 is 0 Å². The highest BCUT2D eigenvalue weighted by Gasteiger charge is 2.09. The molecular weight excluding hydrogens is 180 g/mol. The van der Waals surface area contributed by atoms with Gasteiger partial charge in [-0.3, -0.25) is 4.79 Å². The highest BCUT2D eigenvalue weighted by Crippen LogP contribution is 2.14. The third kappa shape index (κ3) is 2.80. The molecule has 14 heavy (non-hydrogen) atoms. The zero-order chi connectivity index (χ0) is 10.6. The van der Waals surface area contributed by atoms with Crippen molar-refractivity contribution < 1.29 is 9.53 Å². The van der Waals surface area contributed by atoms with E-state index in [1.54, 1.807) is 0 Å². The average Bonchev–Trinajstić information content (AvgIpc) is 2.15. The Balaban J connectivity index is 2.79. The predicted octanol–water partition coefficient (Wildman–Crippen LogP) is 1.71. The lowest BCUT2D eigenvalue weighted by Crippen LogP contribution is -2.09. The summed E-state index contributed by atoms with van der Waals surface area (Å²) >= 11 is 0. The zero-order valence-electron chi connectivity index (χ0n) is 8.65. The summed E-state index contributed by atoms with van der Waals surface area (Å²) in [5.74, 6) is 0.704. The summed E-state index contributed by atoms with van der Waals surface area (Å²) in [5.41, 5.74) is 0.438. The molecule has 1 rings (SSSR count). The van der Waals surface area contributed by atoms with Crippen LogP contribution < -0.4 is 4.74 Å². The number of ether oxygens (including phenoxy) is 1. The first-order valence-electron chi connectivity index (χ1n) is 4.55. The van der Waals surface area contributed by atoms with Crippen molar-refractivity contribution >= 4 is 5.78 Å². The van der Waals surface area contributed by atoms with E-state index in [-0.39, 0.29) is 5.78 Å². The third-order valence-electron chi connectivity index (χ3n) is 1.61. The van der Waals surface area contributed by atoms with Crippen LogP contribution >= 0.6 is 0 Å². The Morgan fingerprint density at radius 1 is 1.57 bits per heavy atom. The largest absolute Gasteiger partial charge is 0.477 e. The highest BCUT2D eigenvalue weighted by atomic mass is 16.5. The van der Waals surface area contributed by atoms with Gasteiger partial charge in [-0.1, -0.05) is 13.8 Å². The highest BCUT2D eigenvalue weighted by molar-refractivity contribution is 5.95. The lowest BCUT2D eigenvalue weighted by molar-refractivity contribution is 0.101. The first kappa shape index (κ1) is 10.6. The number of hydrogen-bond donors (Lipinski definition) is 0. The van der Waals surface area contributed by atoms with Crippen molar-refractivity contribution in [2.24, 2.45) is 5.92 Å². The van der Waals surface area contributed by atoms with Crippen LogP contribution in [0, 0.1) is 5.92 Å². The maximum atomic E-state index is 11.2. The van der Waals surface area contributed by atoms with Gasteiger partial charge in [0.2, 0.25) is 5.88 Å². The number of nitrogens with zero attached hydrogens (tertiary/aromatic N) is 2. The summed E-state index contributed by atoms with van der Waals surface area (Å²) < 4.78 is 5.39. The number of hydrogen-bond acceptors (Lipinski definition) is 4. The van der Waals surface area contributed by atoms with Gasteiger partial charge < -0.3 is 4.74 Å². The van der Waals surface area contributed by atoms with Crippen LogP contribution in [0.2, 0.25) is 0 Å². The van der Waals surface area contributed by atoms with Gasteiger partial charge in [-0.15, -0.1) is 0 Å². The van der Waals surface area contributed by atoms with Gasteiger partial charge in [0.1, 0.15) is 6.33 Å². The minimum absolute atomic E-state index is 0.0793. The summed E-state index contributed by atoms with van der Waals surface area (Å²) in [4.78, 5) is 18.9. The normalized spacial score (nSPS) is 10.3. The van der Waals surface area contributed by atoms with Crippen molar-refractivity contribution in [1.29, 1.82) is 0 Å². The smallest absolute Gasteiger partial charge is 0.227 e. The van der Waals surface area contributed by atoms with Gasteiger partial charge in [0.05, 0.1) is 12.2 Å². The van der Waals surface area contributed by atoms with E-state index >= 15 is 0 Å². The SMILES string of the molecule is CC(=O)c1cncnc1OCC(C)C. The van der Waals surface area contributed by atoms with Crippen molar-refractivity contribution in [3.05, 3.63) is 18.1 Å². The molecule has 0 unspecified atom stereocenters. The number of ketones is 1. The Bertz CT molecular complexity index is 324. The van der Waals surface area contributed by atoms with Crippen LogP contribution in [0.5, 0.6) is 5.88 Å². The molecule has 0 N–H and O–H groups in total. The van der Waals surface area contributed by atoms with E-state index in [2.05, 4.69) is 9.97 Å². The van der Waals surface area contributed by atoms with Crippen LogP contribution in [-0.2, 0) is 0 Å². The summed E-state index contributed by atoms with van der Waals surface area (Å²) in [6.45, 7) is 6.10. The van der Waals surface area contributed by atoms with E-state index in [1.807, 2.05) is 13.8 Å². The van der Waals surface area contributed by atoms with Crippen LogP contribution in [0.1, 0.15) is 31.1 Å². The number of rotatable bonds is 4. The van der Waals surface area contributed by atoms with Crippen molar-refractivity contribution in [3.63, 3.8) is 0 Å². The molecule has 0 aliphatic carbocycles. The zero-order valence-corrected chi connectivity index (χ0v) is 8.65. The van der Waals surface area contributed by atoms with Crippen molar-refractivity contribution in [2.75, 3.05) is 6.61 Å². The second-order valence-electron chi connectivity index (χ2n) is 3.50. The van der Waals surface area contributed by atoms with Crippen LogP contribution in [0.4, 0.5) is 0 Å².